The third-order valence-corrected chi connectivity index (χ3v) is 8.45. The number of ether oxygens (including phenoxy) is 3. The van der Waals surface area contributed by atoms with Gasteiger partial charge in [-0.1, -0.05) is 0 Å². The van der Waals surface area contributed by atoms with Crippen molar-refractivity contribution in [1.29, 1.82) is 0 Å². The van der Waals surface area contributed by atoms with Gasteiger partial charge in [0, 0.05) is 0 Å². The summed E-state index contributed by atoms with van der Waals surface area (Å²) in [5.41, 5.74) is -1.26. The molecule has 0 radical (unpaired) electrons. The second-order valence-electron chi connectivity index (χ2n) is 7.96. The minimum absolute atomic E-state index is 0.0920. The van der Waals surface area contributed by atoms with Crippen molar-refractivity contribution in [2.75, 3.05) is 7.11 Å². The third-order valence-electron chi connectivity index (χ3n) is 6.33. The molecule has 8 heteroatoms. The molecular weight excluding hydrogens is 423 g/mol. The summed E-state index contributed by atoms with van der Waals surface area (Å²) < 4.78 is 27.2. The number of carbonyl (C=O) groups excluding carboxylic acids is 3. The molecule has 0 aromatic heterocycles. The first-order valence-electron chi connectivity index (χ1n) is 9.71. The Morgan fingerprint density at radius 1 is 0.897 bits per heavy atom. The van der Waals surface area contributed by atoms with Crippen LogP contribution in [0.25, 0.3) is 0 Å². The number of esters is 3. The number of methoxy groups -OCH3 is 1. The zero-order valence-electron chi connectivity index (χ0n) is 16.8. The van der Waals surface area contributed by atoms with E-state index >= 15 is 0 Å². The van der Waals surface area contributed by atoms with Gasteiger partial charge >= 0.3 is 161 Å². The van der Waals surface area contributed by atoms with Crippen molar-refractivity contribution < 1.29 is 46.0 Å². The second-order valence-corrected chi connectivity index (χ2v) is 10.0. The standard InChI is InChI=1S/C20H25O6.CH3.Co.O/c1-4-12-10-16(12)17(21)25-14-6-8-15(9-7-14)26-19(23)20(18(22)24-3)11-13(20)5-2;;;/h4-5,12-15H,1-2,6-11H2,3H3;1H3;;. The molecule has 0 aromatic carbocycles. The molecule has 3 rings (SSSR count). The zero-order chi connectivity index (χ0) is 21.4. The van der Waals surface area contributed by atoms with E-state index in [0.717, 1.165) is 0 Å². The summed E-state index contributed by atoms with van der Waals surface area (Å²) in [6.07, 6.45) is 5.69. The fourth-order valence-electron chi connectivity index (χ4n) is 4.20. The maximum absolute atomic E-state index is 12.6. The monoisotopic (exact) mass is 451 g/mol. The summed E-state index contributed by atoms with van der Waals surface area (Å²) in [7, 11) is 1.25. The van der Waals surface area contributed by atoms with Gasteiger partial charge in [-0.3, -0.25) is 0 Å². The van der Waals surface area contributed by atoms with E-state index in [0.29, 0.717) is 38.5 Å². The van der Waals surface area contributed by atoms with E-state index in [4.69, 9.17) is 14.2 Å². The molecule has 4 unspecified atom stereocenters. The molecule has 0 aromatic rings. The molecule has 3 aliphatic rings. The SMILES string of the molecule is C=CC1CC1(C(=O)OC)C(=O)OC1CCC(OC(=O)[C]2([Co]([CH3])=[O])CC2C=C)CC1. The number of allylic oxidation sites excluding steroid dienone is 2. The number of carbonyl (C=O) groups is 3. The van der Waals surface area contributed by atoms with Gasteiger partial charge in [-0.05, 0) is 0 Å². The summed E-state index contributed by atoms with van der Waals surface area (Å²) in [6.45, 7) is 7.36. The van der Waals surface area contributed by atoms with Crippen LogP contribution in [0.1, 0.15) is 38.5 Å². The molecule has 0 N–H and O–H groups in total. The predicted molar refractivity (Wildman–Crippen MR) is 98.5 cm³/mol. The van der Waals surface area contributed by atoms with Crippen LogP contribution in [0.4, 0.5) is 0 Å². The summed E-state index contributed by atoms with van der Waals surface area (Å²) in [5.74, 6) is -0.367. The van der Waals surface area contributed by atoms with Gasteiger partial charge in [0.25, 0.3) is 0 Å². The predicted octanol–water partition coefficient (Wildman–Crippen LogP) is 3.13. The van der Waals surface area contributed by atoms with Gasteiger partial charge in [0.15, 0.2) is 0 Å². The van der Waals surface area contributed by atoms with Gasteiger partial charge in [0.2, 0.25) is 0 Å². The van der Waals surface area contributed by atoms with Crippen LogP contribution >= 0.6 is 0 Å². The molecular formula is C21H28CoO7. The Balaban J connectivity index is 1.51. The molecule has 0 saturated heterocycles. The fourth-order valence-corrected chi connectivity index (χ4v) is 5.75. The van der Waals surface area contributed by atoms with Crippen molar-refractivity contribution >= 4 is 17.9 Å². The normalized spacial score (nSPS) is 38.2. The topological polar surface area (TPSA) is 96.0 Å². The number of hydrogen-bond donors (Lipinski definition) is 0. The van der Waals surface area contributed by atoms with E-state index in [2.05, 4.69) is 13.2 Å². The van der Waals surface area contributed by atoms with Crippen LogP contribution in [-0.2, 0) is 46.0 Å². The fraction of sp³-hybridized carbons (Fsp3) is 0.667. The van der Waals surface area contributed by atoms with Crippen molar-refractivity contribution in [2.45, 2.75) is 60.9 Å². The van der Waals surface area contributed by atoms with Crippen LogP contribution in [0.2, 0.25) is 10.2 Å². The molecule has 0 spiro atoms. The van der Waals surface area contributed by atoms with Crippen LogP contribution in [0.15, 0.2) is 25.3 Å². The van der Waals surface area contributed by atoms with Gasteiger partial charge < -0.3 is 0 Å². The van der Waals surface area contributed by atoms with Gasteiger partial charge in [0.05, 0.1) is 7.11 Å². The first-order chi connectivity index (χ1) is 13.8. The number of hydrogen-bond acceptors (Lipinski definition) is 7. The van der Waals surface area contributed by atoms with Crippen molar-refractivity contribution in [3.8, 4) is 0 Å². The average Bonchev–Trinajstić information content (AvgIpc) is 3.61. The minimum atomic E-state index is -1.68. The zero-order valence-corrected chi connectivity index (χ0v) is 17.9. The molecule has 3 aliphatic carbocycles. The summed E-state index contributed by atoms with van der Waals surface area (Å²) in [4.78, 5) is 37.3. The third kappa shape index (κ3) is 3.72. The maximum atomic E-state index is 12.6. The van der Waals surface area contributed by atoms with E-state index in [1.165, 1.54) is 7.11 Å². The van der Waals surface area contributed by atoms with Gasteiger partial charge in [0.1, 0.15) is 0 Å². The van der Waals surface area contributed by atoms with E-state index in [-0.39, 0.29) is 24.0 Å². The van der Waals surface area contributed by atoms with Gasteiger partial charge in [-0.15, -0.1) is 6.58 Å². The molecule has 4 atom stereocenters. The molecule has 0 aliphatic heterocycles. The Labute approximate surface area is 174 Å². The molecule has 29 heavy (non-hydrogen) atoms. The van der Waals surface area contributed by atoms with Crippen LogP contribution < -0.4 is 0 Å². The molecule has 0 heterocycles. The Hall–Kier alpha value is -1.80. The van der Waals surface area contributed by atoms with E-state index in [1.54, 1.807) is 18.0 Å². The Morgan fingerprint density at radius 2 is 1.41 bits per heavy atom. The van der Waals surface area contributed by atoms with Crippen molar-refractivity contribution in [2.24, 2.45) is 17.3 Å². The number of rotatable bonds is 8. The van der Waals surface area contributed by atoms with Gasteiger partial charge in [-0.25, -0.2) is 0 Å². The molecule has 0 bridgehead atoms. The van der Waals surface area contributed by atoms with Crippen molar-refractivity contribution in [1.82, 2.24) is 0 Å². The first-order valence-corrected chi connectivity index (χ1v) is 11.7. The van der Waals surface area contributed by atoms with Crippen LogP contribution in [0.5, 0.6) is 0 Å². The Bertz CT molecular complexity index is 754. The van der Waals surface area contributed by atoms with Crippen LogP contribution in [-0.4, -0.2) is 37.2 Å². The Kier molecular flexibility index (Phi) is 6.15. The molecule has 3 fully saturated rings. The first kappa shape index (κ1) is 21.9. The van der Waals surface area contributed by atoms with Crippen LogP contribution in [0, 0.1) is 17.3 Å². The molecule has 7 nitrogen and oxygen atoms in total. The molecule has 0 amide bonds. The summed E-state index contributed by atoms with van der Waals surface area (Å²) >= 11 is -1.68. The summed E-state index contributed by atoms with van der Waals surface area (Å²) in [6, 6.07) is 0. The van der Waals surface area contributed by atoms with E-state index < -0.39 is 41.3 Å². The van der Waals surface area contributed by atoms with E-state index in [9.17, 15) is 18.2 Å². The molecule has 163 valence electrons. The second kappa shape index (κ2) is 8.14. The van der Waals surface area contributed by atoms with Crippen molar-refractivity contribution in [3.05, 3.63) is 25.3 Å². The van der Waals surface area contributed by atoms with Crippen molar-refractivity contribution in [3.63, 3.8) is 0 Å². The van der Waals surface area contributed by atoms with E-state index in [1.807, 2.05) is 0 Å². The van der Waals surface area contributed by atoms with Gasteiger partial charge in [-0.2, -0.15) is 0 Å². The quantitative estimate of drug-likeness (QED) is 0.242. The molecule has 3 saturated carbocycles. The Morgan fingerprint density at radius 3 is 1.79 bits per heavy atom. The summed E-state index contributed by atoms with van der Waals surface area (Å²) in [5, 5.41) is 0. The van der Waals surface area contributed by atoms with Crippen LogP contribution in [0.3, 0.4) is 0 Å². The average molecular weight is 451 g/mol.